The Morgan fingerprint density at radius 2 is 1.95 bits per heavy atom. The second-order valence-electron chi connectivity index (χ2n) is 4.86. The number of fused-ring (bicyclic) bond motifs is 1. The molecule has 0 bridgehead atoms. The topological polar surface area (TPSA) is 61.3 Å². The molecule has 0 unspecified atom stereocenters. The summed E-state index contributed by atoms with van der Waals surface area (Å²) in [6.07, 6.45) is 1.42. The minimum atomic E-state index is -0.173. The number of benzene rings is 1. The van der Waals surface area contributed by atoms with E-state index >= 15 is 0 Å². The fourth-order valence-electron chi connectivity index (χ4n) is 2.49. The van der Waals surface area contributed by atoms with Gasteiger partial charge in [-0.1, -0.05) is 12.1 Å². The fourth-order valence-corrected chi connectivity index (χ4v) is 2.49. The fraction of sp³-hybridized carbons (Fsp3) is 0.429. The van der Waals surface area contributed by atoms with E-state index in [9.17, 15) is 5.11 Å². The van der Waals surface area contributed by atoms with E-state index < -0.39 is 0 Å². The Labute approximate surface area is 112 Å². The molecule has 0 aliphatic carbocycles. The molecule has 0 saturated carbocycles. The third-order valence-electron chi connectivity index (χ3n) is 3.57. The Hall–Kier alpha value is -1.88. The molecule has 2 aromatic rings. The van der Waals surface area contributed by atoms with Crippen molar-refractivity contribution >= 4 is 22.7 Å². The van der Waals surface area contributed by atoms with Gasteiger partial charge in [0.2, 0.25) is 5.95 Å². The van der Waals surface area contributed by atoms with Crippen molar-refractivity contribution in [3.8, 4) is 0 Å². The second kappa shape index (κ2) is 5.01. The van der Waals surface area contributed by atoms with Crippen LogP contribution in [-0.2, 0) is 0 Å². The maximum absolute atomic E-state index is 9.62. The van der Waals surface area contributed by atoms with Gasteiger partial charge < -0.3 is 15.3 Å². The van der Waals surface area contributed by atoms with Crippen molar-refractivity contribution in [1.82, 2.24) is 9.97 Å². The minimum Gasteiger partial charge on any atom is -0.393 e. The lowest BCUT2D eigenvalue weighted by molar-refractivity contribution is 0.145. The first-order valence-electron chi connectivity index (χ1n) is 6.65. The van der Waals surface area contributed by atoms with E-state index in [0.29, 0.717) is 5.95 Å². The largest absolute Gasteiger partial charge is 0.393 e. The highest BCUT2D eigenvalue weighted by molar-refractivity contribution is 5.90. The van der Waals surface area contributed by atoms with Crippen molar-refractivity contribution in [3.05, 3.63) is 24.3 Å². The van der Waals surface area contributed by atoms with Crippen LogP contribution in [-0.4, -0.2) is 41.3 Å². The number of hydrogen-bond acceptors (Lipinski definition) is 5. The number of anilines is 2. The monoisotopic (exact) mass is 258 g/mol. The Kier molecular flexibility index (Phi) is 3.21. The second-order valence-corrected chi connectivity index (χ2v) is 4.86. The minimum absolute atomic E-state index is 0.173. The number of aliphatic hydroxyl groups excluding tert-OH is 1. The molecular weight excluding hydrogens is 240 g/mol. The van der Waals surface area contributed by atoms with E-state index in [1.807, 2.05) is 25.2 Å². The van der Waals surface area contributed by atoms with Gasteiger partial charge in [-0.2, -0.15) is 4.98 Å². The van der Waals surface area contributed by atoms with Crippen LogP contribution in [0, 0.1) is 0 Å². The van der Waals surface area contributed by atoms with E-state index in [4.69, 9.17) is 0 Å². The molecule has 1 aromatic carbocycles. The summed E-state index contributed by atoms with van der Waals surface area (Å²) in [6.45, 7) is 1.68. The summed E-state index contributed by atoms with van der Waals surface area (Å²) >= 11 is 0. The summed E-state index contributed by atoms with van der Waals surface area (Å²) in [7, 11) is 1.83. The van der Waals surface area contributed by atoms with Crippen LogP contribution >= 0.6 is 0 Å². The van der Waals surface area contributed by atoms with Crippen molar-refractivity contribution in [2.75, 3.05) is 30.4 Å². The van der Waals surface area contributed by atoms with E-state index in [-0.39, 0.29) is 6.10 Å². The van der Waals surface area contributed by atoms with Gasteiger partial charge in [0, 0.05) is 25.5 Å². The first-order chi connectivity index (χ1) is 9.28. The van der Waals surface area contributed by atoms with E-state index in [1.54, 1.807) is 0 Å². The molecule has 100 valence electrons. The first kappa shape index (κ1) is 12.2. The number of nitrogens with zero attached hydrogens (tertiary/aromatic N) is 3. The van der Waals surface area contributed by atoms with E-state index in [2.05, 4.69) is 26.3 Å². The lowest BCUT2D eigenvalue weighted by atomic mass is 10.1. The third kappa shape index (κ3) is 2.33. The number of aromatic nitrogens is 2. The highest BCUT2D eigenvalue weighted by Gasteiger charge is 2.20. The number of hydrogen-bond donors (Lipinski definition) is 2. The normalized spacial score (nSPS) is 16.8. The van der Waals surface area contributed by atoms with Gasteiger partial charge in [-0.15, -0.1) is 0 Å². The molecule has 2 N–H and O–H groups in total. The molecule has 0 amide bonds. The summed E-state index contributed by atoms with van der Waals surface area (Å²) in [5.41, 5.74) is 0.947. The Morgan fingerprint density at radius 3 is 2.68 bits per heavy atom. The highest BCUT2D eigenvalue weighted by Crippen LogP contribution is 2.27. The maximum atomic E-state index is 9.62. The molecule has 19 heavy (non-hydrogen) atoms. The molecule has 0 spiro atoms. The van der Waals surface area contributed by atoms with Gasteiger partial charge in [0.15, 0.2) is 0 Å². The van der Waals surface area contributed by atoms with Crippen molar-refractivity contribution in [3.63, 3.8) is 0 Å². The van der Waals surface area contributed by atoms with Gasteiger partial charge in [0.1, 0.15) is 5.82 Å². The highest BCUT2D eigenvalue weighted by atomic mass is 16.3. The van der Waals surface area contributed by atoms with Crippen molar-refractivity contribution in [2.45, 2.75) is 18.9 Å². The molecule has 1 aromatic heterocycles. The van der Waals surface area contributed by atoms with Gasteiger partial charge in [-0.05, 0) is 25.0 Å². The summed E-state index contributed by atoms with van der Waals surface area (Å²) in [5, 5.41) is 13.7. The molecule has 0 radical (unpaired) electrons. The zero-order valence-electron chi connectivity index (χ0n) is 11.0. The van der Waals surface area contributed by atoms with Gasteiger partial charge in [0.05, 0.1) is 11.6 Å². The number of para-hydroxylation sites is 1. The van der Waals surface area contributed by atoms with Crippen LogP contribution in [0.2, 0.25) is 0 Å². The lowest BCUT2D eigenvalue weighted by Crippen LogP contribution is -2.36. The van der Waals surface area contributed by atoms with Gasteiger partial charge in [0.25, 0.3) is 0 Å². The van der Waals surface area contributed by atoms with Gasteiger partial charge >= 0.3 is 0 Å². The first-order valence-corrected chi connectivity index (χ1v) is 6.65. The number of aliphatic hydroxyl groups is 1. The molecule has 5 nitrogen and oxygen atoms in total. The molecule has 1 aliphatic rings. The Balaban J connectivity index is 2.05. The maximum Gasteiger partial charge on any atom is 0.224 e. The van der Waals surface area contributed by atoms with Crippen molar-refractivity contribution < 1.29 is 5.11 Å². The van der Waals surface area contributed by atoms with E-state index in [0.717, 1.165) is 42.7 Å². The van der Waals surface area contributed by atoms with Crippen LogP contribution in [0.1, 0.15) is 12.8 Å². The zero-order valence-corrected chi connectivity index (χ0v) is 11.0. The van der Waals surface area contributed by atoms with Crippen molar-refractivity contribution in [1.29, 1.82) is 0 Å². The molecule has 5 heteroatoms. The summed E-state index contributed by atoms with van der Waals surface area (Å²) in [6, 6.07) is 8.04. The predicted octanol–water partition coefficient (Wildman–Crippen LogP) is 1.63. The van der Waals surface area contributed by atoms with Crippen LogP contribution < -0.4 is 10.2 Å². The standard InChI is InChI=1S/C14H18N4O/c1-15-14-16-12-5-3-2-4-11(12)13(17-14)18-8-6-10(19)7-9-18/h2-5,10,19H,6-9H2,1H3,(H,15,16,17). The number of nitrogens with one attached hydrogen (secondary N) is 1. The molecule has 1 aliphatic heterocycles. The molecular formula is C14H18N4O. The third-order valence-corrected chi connectivity index (χ3v) is 3.57. The van der Waals surface area contributed by atoms with Gasteiger partial charge in [-0.25, -0.2) is 4.98 Å². The number of rotatable bonds is 2. The lowest BCUT2D eigenvalue weighted by Gasteiger charge is -2.31. The average Bonchev–Trinajstić information content (AvgIpc) is 2.47. The smallest absolute Gasteiger partial charge is 0.224 e. The number of piperidine rings is 1. The summed E-state index contributed by atoms with van der Waals surface area (Å²) in [5.74, 6) is 1.60. The molecule has 3 rings (SSSR count). The Bertz CT molecular complexity index is 579. The predicted molar refractivity (Wildman–Crippen MR) is 76.5 cm³/mol. The molecule has 1 fully saturated rings. The van der Waals surface area contributed by atoms with Gasteiger partial charge in [-0.3, -0.25) is 0 Å². The molecule has 1 saturated heterocycles. The van der Waals surface area contributed by atoms with Crippen LogP contribution in [0.15, 0.2) is 24.3 Å². The molecule has 2 heterocycles. The van der Waals surface area contributed by atoms with Crippen LogP contribution in [0.5, 0.6) is 0 Å². The van der Waals surface area contributed by atoms with Crippen molar-refractivity contribution in [2.24, 2.45) is 0 Å². The van der Waals surface area contributed by atoms with Crippen LogP contribution in [0.25, 0.3) is 10.9 Å². The SMILES string of the molecule is CNc1nc(N2CCC(O)CC2)c2ccccc2n1. The van der Waals surface area contributed by atoms with E-state index in [1.165, 1.54) is 0 Å². The summed E-state index contributed by atoms with van der Waals surface area (Å²) in [4.78, 5) is 11.3. The van der Waals surface area contributed by atoms with Crippen LogP contribution in [0.3, 0.4) is 0 Å². The van der Waals surface area contributed by atoms with Crippen LogP contribution in [0.4, 0.5) is 11.8 Å². The average molecular weight is 258 g/mol. The Morgan fingerprint density at radius 1 is 1.21 bits per heavy atom. The summed E-state index contributed by atoms with van der Waals surface area (Å²) < 4.78 is 0. The molecule has 0 atom stereocenters. The zero-order chi connectivity index (χ0) is 13.2. The quantitative estimate of drug-likeness (QED) is 0.857.